The van der Waals surface area contributed by atoms with Gasteiger partial charge >= 0.3 is 0 Å². The lowest BCUT2D eigenvalue weighted by Gasteiger charge is -2.38. The zero-order valence-electron chi connectivity index (χ0n) is 15.8. The molecule has 1 atom stereocenters. The number of likely N-dealkylation sites (tertiary alicyclic amines) is 1. The molecular formula is C19H28FN3O3S. The van der Waals surface area contributed by atoms with Crippen LogP contribution in [0.1, 0.15) is 32.6 Å². The average molecular weight is 398 g/mol. The fourth-order valence-electron chi connectivity index (χ4n) is 3.94. The molecule has 0 unspecified atom stereocenters. The number of sulfonamides is 1. The van der Waals surface area contributed by atoms with Crippen molar-refractivity contribution >= 4 is 15.9 Å². The predicted octanol–water partition coefficient (Wildman–Crippen LogP) is 1.92. The quantitative estimate of drug-likeness (QED) is 0.762. The molecule has 1 aromatic rings. The first-order chi connectivity index (χ1) is 12.9. The Morgan fingerprint density at radius 2 is 1.74 bits per heavy atom. The molecule has 1 amide bonds. The SMILES string of the molecule is CC[C@@H]1CCCCN1CC(=O)N1CCN(S(=O)(=O)c2ccc(F)cc2)CC1. The number of hydrogen-bond acceptors (Lipinski definition) is 4. The van der Waals surface area contributed by atoms with E-state index in [4.69, 9.17) is 0 Å². The maximum absolute atomic E-state index is 13.0. The molecule has 0 aromatic heterocycles. The Balaban J connectivity index is 1.56. The Morgan fingerprint density at radius 1 is 1.07 bits per heavy atom. The van der Waals surface area contributed by atoms with Gasteiger partial charge in [-0.1, -0.05) is 13.3 Å². The minimum absolute atomic E-state index is 0.0779. The van der Waals surface area contributed by atoms with Crippen LogP contribution >= 0.6 is 0 Å². The second kappa shape index (κ2) is 8.67. The largest absolute Gasteiger partial charge is 0.339 e. The summed E-state index contributed by atoms with van der Waals surface area (Å²) in [5.41, 5.74) is 0. The molecule has 0 aliphatic carbocycles. The smallest absolute Gasteiger partial charge is 0.243 e. The van der Waals surface area contributed by atoms with Crippen LogP contribution in [0.15, 0.2) is 29.2 Å². The lowest BCUT2D eigenvalue weighted by Crippen LogP contribution is -2.53. The van der Waals surface area contributed by atoms with Gasteiger partial charge in [-0.2, -0.15) is 4.31 Å². The van der Waals surface area contributed by atoms with Gasteiger partial charge in [-0.3, -0.25) is 9.69 Å². The van der Waals surface area contributed by atoms with Gasteiger partial charge in [0.25, 0.3) is 0 Å². The Kier molecular flexibility index (Phi) is 6.49. The van der Waals surface area contributed by atoms with Crippen molar-refractivity contribution in [2.45, 2.75) is 43.5 Å². The van der Waals surface area contributed by atoms with Crippen molar-refractivity contribution in [3.8, 4) is 0 Å². The van der Waals surface area contributed by atoms with Crippen molar-refractivity contribution in [3.05, 3.63) is 30.1 Å². The number of piperidine rings is 1. The zero-order valence-corrected chi connectivity index (χ0v) is 16.6. The molecule has 1 aromatic carbocycles. The molecule has 3 rings (SSSR count). The first kappa shape index (κ1) is 20.2. The number of nitrogens with zero attached hydrogens (tertiary/aromatic N) is 3. The summed E-state index contributed by atoms with van der Waals surface area (Å²) in [6, 6.07) is 5.33. The Labute approximate surface area is 161 Å². The first-order valence-corrected chi connectivity index (χ1v) is 11.1. The van der Waals surface area contributed by atoms with Gasteiger partial charge in [-0.25, -0.2) is 12.8 Å². The van der Waals surface area contributed by atoms with Crippen molar-refractivity contribution in [3.63, 3.8) is 0 Å². The van der Waals surface area contributed by atoms with Crippen molar-refractivity contribution in [2.24, 2.45) is 0 Å². The van der Waals surface area contributed by atoms with Gasteiger partial charge in [0, 0.05) is 32.2 Å². The van der Waals surface area contributed by atoms with E-state index < -0.39 is 15.8 Å². The topological polar surface area (TPSA) is 60.9 Å². The maximum atomic E-state index is 13.0. The molecule has 8 heteroatoms. The first-order valence-electron chi connectivity index (χ1n) is 9.69. The van der Waals surface area contributed by atoms with E-state index in [1.165, 1.54) is 22.9 Å². The van der Waals surface area contributed by atoms with Crippen LogP contribution in [0.5, 0.6) is 0 Å². The normalized spacial score (nSPS) is 22.7. The van der Waals surface area contributed by atoms with Crippen molar-refractivity contribution in [1.82, 2.24) is 14.1 Å². The van der Waals surface area contributed by atoms with E-state index in [1.54, 1.807) is 4.90 Å². The molecule has 150 valence electrons. The highest BCUT2D eigenvalue weighted by Gasteiger charge is 2.31. The number of rotatable bonds is 5. The van der Waals surface area contributed by atoms with E-state index in [0.29, 0.717) is 25.7 Å². The highest BCUT2D eigenvalue weighted by Crippen LogP contribution is 2.21. The third-order valence-electron chi connectivity index (χ3n) is 5.60. The fourth-order valence-corrected chi connectivity index (χ4v) is 5.36. The summed E-state index contributed by atoms with van der Waals surface area (Å²) < 4.78 is 39.8. The Bertz CT molecular complexity index is 746. The number of piperazine rings is 1. The standard InChI is InChI=1S/C19H28FN3O3S/c1-2-17-5-3-4-10-22(17)15-19(24)21-11-13-23(14-12-21)27(25,26)18-8-6-16(20)7-9-18/h6-9,17H,2-5,10-15H2,1H3/t17-/m1/s1. The number of hydrogen-bond donors (Lipinski definition) is 0. The van der Waals surface area contributed by atoms with Crippen LogP contribution in [0.3, 0.4) is 0 Å². The number of halogens is 1. The van der Waals surface area contributed by atoms with Crippen LogP contribution in [0.2, 0.25) is 0 Å². The maximum Gasteiger partial charge on any atom is 0.243 e. The summed E-state index contributed by atoms with van der Waals surface area (Å²) in [6.07, 6.45) is 4.56. The monoisotopic (exact) mass is 397 g/mol. The fraction of sp³-hybridized carbons (Fsp3) is 0.632. The van der Waals surface area contributed by atoms with E-state index in [2.05, 4.69) is 11.8 Å². The Morgan fingerprint density at radius 3 is 2.37 bits per heavy atom. The van der Waals surface area contributed by atoms with E-state index in [0.717, 1.165) is 37.9 Å². The van der Waals surface area contributed by atoms with E-state index in [-0.39, 0.29) is 23.9 Å². The highest BCUT2D eigenvalue weighted by atomic mass is 32.2. The molecule has 2 aliphatic heterocycles. The summed E-state index contributed by atoms with van der Waals surface area (Å²) in [6.45, 7) is 4.86. The molecule has 27 heavy (non-hydrogen) atoms. The van der Waals surface area contributed by atoms with Crippen molar-refractivity contribution in [2.75, 3.05) is 39.3 Å². The third-order valence-corrected chi connectivity index (χ3v) is 7.51. The summed E-state index contributed by atoms with van der Waals surface area (Å²) >= 11 is 0. The van der Waals surface area contributed by atoms with Crippen LogP contribution in [-0.2, 0) is 14.8 Å². The van der Waals surface area contributed by atoms with Crippen LogP contribution in [0.4, 0.5) is 4.39 Å². The molecule has 0 N–H and O–H groups in total. The van der Waals surface area contributed by atoms with Crippen molar-refractivity contribution in [1.29, 1.82) is 0 Å². The van der Waals surface area contributed by atoms with Gasteiger partial charge in [0.2, 0.25) is 15.9 Å². The number of carbonyl (C=O) groups is 1. The van der Waals surface area contributed by atoms with Gasteiger partial charge < -0.3 is 4.90 Å². The van der Waals surface area contributed by atoms with E-state index in [1.807, 2.05) is 0 Å². The summed E-state index contributed by atoms with van der Waals surface area (Å²) in [5.74, 6) is -0.387. The minimum Gasteiger partial charge on any atom is -0.339 e. The molecule has 6 nitrogen and oxygen atoms in total. The zero-order chi connectivity index (χ0) is 19.4. The Hall–Kier alpha value is -1.51. The van der Waals surface area contributed by atoms with E-state index in [9.17, 15) is 17.6 Å². The van der Waals surface area contributed by atoms with Crippen LogP contribution in [0, 0.1) is 5.82 Å². The number of amides is 1. The second-order valence-corrected chi connectivity index (χ2v) is 9.21. The third kappa shape index (κ3) is 4.67. The molecule has 2 saturated heterocycles. The van der Waals surface area contributed by atoms with Gasteiger partial charge in [-0.05, 0) is 50.1 Å². The molecule has 0 bridgehead atoms. The summed E-state index contributed by atoms with van der Waals surface area (Å²) in [5, 5.41) is 0. The molecule has 2 heterocycles. The number of carbonyl (C=O) groups excluding carboxylic acids is 1. The summed E-state index contributed by atoms with van der Waals surface area (Å²) in [4.78, 5) is 16.8. The lowest BCUT2D eigenvalue weighted by molar-refractivity contribution is -0.134. The van der Waals surface area contributed by atoms with E-state index >= 15 is 0 Å². The molecule has 0 radical (unpaired) electrons. The predicted molar refractivity (Wildman–Crippen MR) is 101 cm³/mol. The van der Waals surface area contributed by atoms with Gasteiger partial charge in [0.1, 0.15) is 5.82 Å². The van der Waals surface area contributed by atoms with Gasteiger partial charge in [0.05, 0.1) is 11.4 Å². The molecule has 2 aliphatic rings. The molecule has 2 fully saturated rings. The van der Waals surface area contributed by atoms with Gasteiger partial charge in [-0.15, -0.1) is 0 Å². The summed E-state index contributed by atoms with van der Waals surface area (Å²) in [7, 11) is -3.65. The van der Waals surface area contributed by atoms with Crippen LogP contribution in [0.25, 0.3) is 0 Å². The lowest BCUT2D eigenvalue weighted by atomic mass is 10.00. The average Bonchev–Trinajstić information content (AvgIpc) is 2.69. The van der Waals surface area contributed by atoms with Gasteiger partial charge in [0.15, 0.2) is 0 Å². The highest BCUT2D eigenvalue weighted by molar-refractivity contribution is 7.89. The van der Waals surface area contributed by atoms with Crippen LogP contribution in [-0.4, -0.2) is 73.7 Å². The molecule has 0 spiro atoms. The van der Waals surface area contributed by atoms with Crippen LogP contribution < -0.4 is 0 Å². The molecular weight excluding hydrogens is 369 g/mol. The molecule has 0 saturated carbocycles. The van der Waals surface area contributed by atoms with Crippen molar-refractivity contribution < 1.29 is 17.6 Å². The minimum atomic E-state index is -3.65. The number of benzene rings is 1. The second-order valence-electron chi connectivity index (χ2n) is 7.27.